The number of nitrogens with one attached hydrogen (secondary N) is 1. The van der Waals surface area contributed by atoms with Crippen LogP contribution in [0, 0.1) is 0 Å². The lowest BCUT2D eigenvalue weighted by Crippen LogP contribution is -2.06. The van der Waals surface area contributed by atoms with E-state index < -0.39 is 0 Å². The van der Waals surface area contributed by atoms with Crippen molar-refractivity contribution in [3.05, 3.63) is 80.2 Å². The summed E-state index contributed by atoms with van der Waals surface area (Å²) < 4.78 is 17.8. The Bertz CT molecular complexity index is 981. The van der Waals surface area contributed by atoms with Gasteiger partial charge in [-0.15, -0.1) is 0 Å². The zero-order chi connectivity index (χ0) is 20.8. The Kier molecular flexibility index (Phi) is 7.53. The van der Waals surface area contributed by atoms with Crippen molar-refractivity contribution in [1.82, 2.24) is 0 Å². The topological polar surface area (TPSA) is 39.7 Å². The number of benzene rings is 3. The lowest BCUT2D eigenvalue weighted by atomic mass is 10.1. The van der Waals surface area contributed by atoms with E-state index >= 15 is 0 Å². The highest BCUT2D eigenvalue weighted by Gasteiger charge is 2.15. The van der Waals surface area contributed by atoms with Gasteiger partial charge in [-0.25, -0.2) is 0 Å². The number of anilines is 1. The van der Waals surface area contributed by atoms with Gasteiger partial charge in [0.2, 0.25) is 0 Å². The maximum absolute atomic E-state index is 6.13. The van der Waals surface area contributed by atoms with Crippen LogP contribution in [0.15, 0.2) is 59.1 Å². The van der Waals surface area contributed by atoms with Gasteiger partial charge in [0, 0.05) is 22.3 Å². The molecule has 29 heavy (non-hydrogen) atoms. The Labute approximate surface area is 188 Å². The van der Waals surface area contributed by atoms with Crippen LogP contribution < -0.4 is 19.5 Å². The van der Waals surface area contributed by atoms with Crippen LogP contribution in [0.2, 0.25) is 10.0 Å². The van der Waals surface area contributed by atoms with E-state index in [0.29, 0.717) is 34.7 Å². The summed E-state index contributed by atoms with van der Waals surface area (Å²) in [5.41, 5.74) is 2.83. The van der Waals surface area contributed by atoms with Crippen LogP contribution in [-0.2, 0) is 13.2 Å². The Balaban J connectivity index is 1.80. The molecule has 0 radical (unpaired) electrons. The fraction of sp³-hybridized carbons (Fsp3) is 0.182. The molecule has 0 saturated heterocycles. The van der Waals surface area contributed by atoms with Crippen molar-refractivity contribution in [3.8, 4) is 17.2 Å². The molecule has 3 aromatic rings. The number of rotatable bonds is 8. The Hall–Kier alpha value is -2.08. The van der Waals surface area contributed by atoms with Crippen LogP contribution in [0.1, 0.15) is 11.1 Å². The Morgan fingerprint density at radius 2 is 1.66 bits per heavy atom. The van der Waals surface area contributed by atoms with E-state index in [2.05, 4.69) is 21.2 Å². The molecule has 0 aromatic heterocycles. The van der Waals surface area contributed by atoms with E-state index in [0.717, 1.165) is 27.0 Å². The number of hydrogen-bond acceptors (Lipinski definition) is 4. The van der Waals surface area contributed by atoms with Crippen molar-refractivity contribution < 1.29 is 14.2 Å². The fourth-order valence-electron chi connectivity index (χ4n) is 2.75. The van der Waals surface area contributed by atoms with E-state index in [9.17, 15) is 0 Å². The van der Waals surface area contributed by atoms with Crippen molar-refractivity contribution in [2.75, 3.05) is 19.5 Å². The molecule has 0 aliphatic rings. The maximum atomic E-state index is 6.13. The summed E-state index contributed by atoms with van der Waals surface area (Å²) >= 11 is 15.7. The first kappa shape index (κ1) is 21.6. The molecular formula is C22H20BrCl2NO3. The average Bonchev–Trinajstić information content (AvgIpc) is 2.74. The molecule has 0 amide bonds. The van der Waals surface area contributed by atoms with Gasteiger partial charge in [-0.2, -0.15) is 0 Å². The van der Waals surface area contributed by atoms with Gasteiger partial charge in [-0.3, -0.25) is 0 Å². The quantitative estimate of drug-likeness (QED) is 0.365. The van der Waals surface area contributed by atoms with Crippen LogP contribution in [0.4, 0.5) is 5.69 Å². The standard InChI is InChI=1S/C22H20BrCl2NO3/c1-27-16-6-4-15(5-7-16)26-12-17-18(23)8-10-21(28-2)22(17)29-13-14-3-9-19(24)20(25)11-14/h3-11,26H,12-13H2,1-2H3. The van der Waals surface area contributed by atoms with Crippen molar-refractivity contribution in [1.29, 1.82) is 0 Å². The van der Waals surface area contributed by atoms with E-state index in [1.165, 1.54) is 0 Å². The van der Waals surface area contributed by atoms with E-state index in [1.54, 1.807) is 26.4 Å². The Morgan fingerprint density at radius 3 is 2.31 bits per heavy atom. The highest BCUT2D eigenvalue weighted by molar-refractivity contribution is 9.10. The predicted molar refractivity (Wildman–Crippen MR) is 122 cm³/mol. The second kappa shape index (κ2) is 10.1. The second-order valence-electron chi connectivity index (χ2n) is 6.18. The van der Waals surface area contributed by atoms with Gasteiger partial charge in [-0.05, 0) is 54.1 Å². The molecule has 4 nitrogen and oxygen atoms in total. The lowest BCUT2D eigenvalue weighted by Gasteiger charge is -2.18. The van der Waals surface area contributed by atoms with Gasteiger partial charge in [0.05, 0.1) is 24.3 Å². The first-order valence-electron chi connectivity index (χ1n) is 8.82. The zero-order valence-electron chi connectivity index (χ0n) is 16.0. The average molecular weight is 497 g/mol. The van der Waals surface area contributed by atoms with Gasteiger partial charge < -0.3 is 19.5 Å². The van der Waals surface area contributed by atoms with Crippen molar-refractivity contribution in [3.63, 3.8) is 0 Å². The van der Waals surface area contributed by atoms with Gasteiger partial charge in [-0.1, -0.05) is 45.2 Å². The van der Waals surface area contributed by atoms with Crippen LogP contribution >= 0.6 is 39.1 Å². The number of halogens is 3. The van der Waals surface area contributed by atoms with Gasteiger partial charge in [0.15, 0.2) is 11.5 Å². The first-order valence-corrected chi connectivity index (χ1v) is 10.4. The third-order valence-corrected chi connectivity index (χ3v) is 5.80. The van der Waals surface area contributed by atoms with Crippen LogP contribution in [0.5, 0.6) is 17.2 Å². The third kappa shape index (κ3) is 5.50. The highest BCUT2D eigenvalue weighted by atomic mass is 79.9. The van der Waals surface area contributed by atoms with Crippen molar-refractivity contribution >= 4 is 44.8 Å². The maximum Gasteiger partial charge on any atom is 0.167 e. The third-order valence-electron chi connectivity index (χ3n) is 4.31. The first-order chi connectivity index (χ1) is 14.0. The molecule has 0 unspecified atom stereocenters. The monoisotopic (exact) mass is 495 g/mol. The molecule has 3 aromatic carbocycles. The van der Waals surface area contributed by atoms with Gasteiger partial charge in [0.1, 0.15) is 12.4 Å². The SMILES string of the molecule is COc1ccc(NCc2c(Br)ccc(OC)c2OCc2ccc(Cl)c(Cl)c2)cc1. The summed E-state index contributed by atoms with van der Waals surface area (Å²) in [5, 5.41) is 4.41. The summed E-state index contributed by atoms with van der Waals surface area (Å²) in [6.45, 7) is 0.875. The van der Waals surface area contributed by atoms with E-state index in [-0.39, 0.29) is 0 Å². The van der Waals surface area contributed by atoms with Gasteiger partial charge in [0.25, 0.3) is 0 Å². The fourth-order valence-corrected chi connectivity index (χ4v) is 3.52. The van der Waals surface area contributed by atoms with Crippen molar-refractivity contribution in [2.45, 2.75) is 13.2 Å². The molecule has 3 rings (SSSR count). The molecule has 0 heterocycles. The Morgan fingerprint density at radius 1 is 0.897 bits per heavy atom. The molecule has 0 saturated carbocycles. The zero-order valence-corrected chi connectivity index (χ0v) is 19.1. The second-order valence-corrected chi connectivity index (χ2v) is 7.85. The minimum Gasteiger partial charge on any atom is -0.497 e. The summed E-state index contributed by atoms with van der Waals surface area (Å²) in [7, 11) is 3.27. The lowest BCUT2D eigenvalue weighted by molar-refractivity contribution is 0.281. The largest absolute Gasteiger partial charge is 0.497 e. The summed E-state index contributed by atoms with van der Waals surface area (Å²) in [5.74, 6) is 2.12. The predicted octanol–water partition coefficient (Wildman–Crippen LogP) is 6.96. The van der Waals surface area contributed by atoms with Crippen LogP contribution in [0.3, 0.4) is 0 Å². The number of ether oxygens (including phenoxy) is 3. The highest BCUT2D eigenvalue weighted by Crippen LogP contribution is 2.37. The minimum absolute atomic E-state index is 0.333. The molecule has 7 heteroatoms. The van der Waals surface area contributed by atoms with Crippen LogP contribution in [0.25, 0.3) is 0 Å². The van der Waals surface area contributed by atoms with E-state index in [4.69, 9.17) is 37.4 Å². The van der Waals surface area contributed by atoms with E-state index in [1.807, 2.05) is 42.5 Å². The molecular weight excluding hydrogens is 477 g/mol. The minimum atomic E-state index is 0.333. The molecule has 0 aliphatic carbocycles. The molecule has 0 aliphatic heterocycles. The number of methoxy groups -OCH3 is 2. The smallest absolute Gasteiger partial charge is 0.167 e. The normalized spacial score (nSPS) is 10.5. The number of hydrogen-bond donors (Lipinski definition) is 1. The molecule has 0 atom stereocenters. The van der Waals surface area contributed by atoms with Crippen molar-refractivity contribution in [2.24, 2.45) is 0 Å². The molecule has 152 valence electrons. The summed E-state index contributed by atoms with van der Waals surface area (Å²) in [6, 6.07) is 17.0. The molecule has 0 bridgehead atoms. The van der Waals surface area contributed by atoms with Crippen LogP contribution in [-0.4, -0.2) is 14.2 Å². The molecule has 0 fully saturated rings. The summed E-state index contributed by atoms with van der Waals surface area (Å²) in [6.07, 6.45) is 0. The van der Waals surface area contributed by atoms with Gasteiger partial charge >= 0.3 is 0 Å². The molecule has 1 N–H and O–H groups in total. The molecule has 0 spiro atoms. The summed E-state index contributed by atoms with van der Waals surface area (Å²) in [4.78, 5) is 0.